The van der Waals surface area contributed by atoms with E-state index in [9.17, 15) is 0 Å². The van der Waals surface area contributed by atoms with E-state index < -0.39 is 0 Å². The van der Waals surface area contributed by atoms with Gasteiger partial charge in [-0.3, -0.25) is 0 Å². The molecule has 2 aromatic rings. The van der Waals surface area contributed by atoms with Crippen molar-refractivity contribution >= 4 is 5.82 Å². The van der Waals surface area contributed by atoms with E-state index in [2.05, 4.69) is 16.4 Å². The largest absolute Gasteiger partial charge is 0.497 e. The summed E-state index contributed by atoms with van der Waals surface area (Å²) in [6.45, 7) is 2.78. The second-order valence-corrected chi connectivity index (χ2v) is 4.02. The molecule has 0 radical (unpaired) electrons. The number of nitriles is 1. The van der Waals surface area contributed by atoms with Crippen LogP contribution >= 0.6 is 0 Å². The first-order valence-electron chi connectivity index (χ1n) is 6.22. The summed E-state index contributed by atoms with van der Waals surface area (Å²) in [4.78, 5) is 4.17. The summed E-state index contributed by atoms with van der Waals surface area (Å²) in [6, 6.07) is 10.7. The highest BCUT2D eigenvalue weighted by Gasteiger charge is 2.04. The summed E-state index contributed by atoms with van der Waals surface area (Å²) in [5.74, 6) is 2.52. The molecule has 20 heavy (non-hydrogen) atoms. The lowest BCUT2D eigenvalue weighted by Crippen LogP contribution is -1.98. The third-order valence-corrected chi connectivity index (χ3v) is 2.57. The molecule has 1 aromatic heterocycles. The topological polar surface area (TPSA) is 67.2 Å². The molecule has 0 aliphatic rings. The number of methoxy groups -OCH3 is 1. The maximum Gasteiger partial charge on any atom is 0.132 e. The molecule has 0 saturated heterocycles. The molecule has 2 rings (SSSR count). The highest BCUT2D eigenvalue weighted by Crippen LogP contribution is 2.27. The monoisotopic (exact) mass is 269 g/mol. The Morgan fingerprint density at radius 1 is 1.20 bits per heavy atom. The maximum atomic E-state index is 8.98. The van der Waals surface area contributed by atoms with Crippen LogP contribution in [0.3, 0.4) is 0 Å². The highest BCUT2D eigenvalue weighted by atomic mass is 16.5. The molecule has 0 atom stereocenters. The molecule has 0 bridgehead atoms. The van der Waals surface area contributed by atoms with Crippen LogP contribution in [-0.2, 0) is 0 Å². The number of anilines is 1. The summed E-state index contributed by atoms with van der Waals surface area (Å²) >= 11 is 0. The number of hydrogen-bond donors (Lipinski definition) is 1. The van der Waals surface area contributed by atoms with Crippen LogP contribution in [0.25, 0.3) is 0 Å². The first kappa shape index (κ1) is 13.7. The van der Waals surface area contributed by atoms with Gasteiger partial charge in [0.2, 0.25) is 0 Å². The Kier molecular flexibility index (Phi) is 4.40. The van der Waals surface area contributed by atoms with Crippen LogP contribution in [0.4, 0.5) is 5.82 Å². The van der Waals surface area contributed by atoms with Gasteiger partial charge in [-0.2, -0.15) is 5.26 Å². The number of nitrogens with zero attached hydrogens (tertiary/aromatic N) is 2. The van der Waals surface area contributed by atoms with Gasteiger partial charge in [0.05, 0.1) is 18.7 Å². The highest BCUT2D eigenvalue weighted by molar-refractivity contribution is 5.47. The van der Waals surface area contributed by atoms with E-state index in [1.54, 1.807) is 43.6 Å². The zero-order chi connectivity index (χ0) is 14.4. The number of hydrogen-bond acceptors (Lipinski definition) is 5. The smallest absolute Gasteiger partial charge is 0.132 e. The third kappa shape index (κ3) is 3.39. The van der Waals surface area contributed by atoms with Crippen LogP contribution < -0.4 is 14.8 Å². The van der Waals surface area contributed by atoms with Crippen LogP contribution in [-0.4, -0.2) is 18.6 Å². The normalized spacial score (nSPS) is 9.65. The van der Waals surface area contributed by atoms with Gasteiger partial charge in [-0.1, -0.05) is 0 Å². The van der Waals surface area contributed by atoms with Crippen LogP contribution in [0.5, 0.6) is 17.2 Å². The van der Waals surface area contributed by atoms with Crippen molar-refractivity contribution in [2.75, 3.05) is 19.0 Å². The van der Waals surface area contributed by atoms with E-state index in [4.69, 9.17) is 14.7 Å². The minimum absolute atomic E-state index is 0.486. The van der Waals surface area contributed by atoms with Crippen molar-refractivity contribution in [1.82, 2.24) is 4.98 Å². The fourth-order valence-corrected chi connectivity index (χ4v) is 1.70. The Morgan fingerprint density at radius 2 is 2.00 bits per heavy atom. The standard InChI is InChI=1S/C15H15N3O2/c1-3-17-15-9-12(4-5-18-15)20-14-7-11(10-16)6-13(8-14)19-2/h4-9H,3H2,1-2H3,(H,17,18). The lowest BCUT2D eigenvalue weighted by Gasteiger charge is -2.09. The molecule has 1 N–H and O–H groups in total. The molecule has 0 aliphatic carbocycles. The summed E-state index contributed by atoms with van der Waals surface area (Å²) < 4.78 is 10.9. The summed E-state index contributed by atoms with van der Waals surface area (Å²) in [5, 5.41) is 12.1. The van der Waals surface area contributed by atoms with E-state index in [1.807, 2.05) is 6.92 Å². The molecular formula is C15H15N3O2. The summed E-state index contributed by atoms with van der Waals surface area (Å²) in [6.07, 6.45) is 1.67. The first-order valence-corrected chi connectivity index (χ1v) is 6.22. The fourth-order valence-electron chi connectivity index (χ4n) is 1.70. The van der Waals surface area contributed by atoms with Gasteiger partial charge in [0, 0.05) is 24.9 Å². The fraction of sp³-hybridized carbons (Fsp3) is 0.200. The van der Waals surface area contributed by atoms with Gasteiger partial charge in [-0.05, 0) is 25.1 Å². The molecule has 5 heteroatoms. The molecule has 0 aliphatic heterocycles. The van der Waals surface area contributed by atoms with Crippen molar-refractivity contribution in [1.29, 1.82) is 5.26 Å². The Balaban J connectivity index is 2.25. The van der Waals surface area contributed by atoms with Gasteiger partial charge in [0.1, 0.15) is 23.1 Å². The minimum atomic E-state index is 0.486. The van der Waals surface area contributed by atoms with Crippen molar-refractivity contribution in [3.63, 3.8) is 0 Å². The van der Waals surface area contributed by atoms with Crippen molar-refractivity contribution in [3.05, 3.63) is 42.1 Å². The molecule has 0 saturated carbocycles. The summed E-state index contributed by atoms with van der Waals surface area (Å²) in [5.41, 5.74) is 0.486. The molecule has 0 fully saturated rings. The van der Waals surface area contributed by atoms with Gasteiger partial charge < -0.3 is 14.8 Å². The SMILES string of the molecule is CCNc1cc(Oc2cc(C#N)cc(OC)c2)ccn1. The minimum Gasteiger partial charge on any atom is -0.497 e. The van der Waals surface area contributed by atoms with E-state index >= 15 is 0 Å². The van der Waals surface area contributed by atoms with Crippen molar-refractivity contribution in [2.45, 2.75) is 6.92 Å². The van der Waals surface area contributed by atoms with Gasteiger partial charge in [-0.25, -0.2) is 4.98 Å². The van der Waals surface area contributed by atoms with E-state index in [1.165, 1.54) is 0 Å². The number of aromatic nitrogens is 1. The van der Waals surface area contributed by atoms with Crippen LogP contribution in [0.1, 0.15) is 12.5 Å². The number of nitrogens with one attached hydrogen (secondary N) is 1. The molecular weight excluding hydrogens is 254 g/mol. The van der Waals surface area contributed by atoms with Gasteiger partial charge in [0.25, 0.3) is 0 Å². The molecule has 0 spiro atoms. The molecule has 5 nitrogen and oxygen atoms in total. The predicted molar refractivity (Wildman–Crippen MR) is 76.2 cm³/mol. The molecule has 0 amide bonds. The quantitative estimate of drug-likeness (QED) is 0.902. The zero-order valence-corrected chi connectivity index (χ0v) is 11.4. The lowest BCUT2D eigenvalue weighted by molar-refractivity contribution is 0.409. The van der Waals surface area contributed by atoms with E-state index in [0.29, 0.717) is 22.8 Å². The summed E-state index contributed by atoms with van der Waals surface area (Å²) in [7, 11) is 1.55. The number of rotatable bonds is 5. The zero-order valence-electron chi connectivity index (χ0n) is 11.4. The molecule has 1 aromatic carbocycles. The van der Waals surface area contributed by atoms with Gasteiger partial charge in [-0.15, -0.1) is 0 Å². The molecule has 1 heterocycles. The number of ether oxygens (including phenoxy) is 2. The predicted octanol–water partition coefficient (Wildman–Crippen LogP) is 3.19. The molecule has 0 unspecified atom stereocenters. The van der Waals surface area contributed by atoms with Crippen molar-refractivity contribution in [3.8, 4) is 23.3 Å². The van der Waals surface area contributed by atoms with E-state index in [-0.39, 0.29) is 0 Å². The van der Waals surface area contributed by atoms with Crippen LogP contribution in [0, 0.1) is 11.3 Å². The maximum absolute atomic E-state index is 8.98. The average Bonchev–Trinajstić information content (AvgIpc) is 2.47. The first-order chi connectivity index (χ1) is 9.75. The number of pyridine rings is 1. The lowest BCUT2D eigenvalue weighted by atomic mass is 10.2. The van der Waals surface area contributed by atoms with Gasteiger partial charge >= 0.3 is 0 Å². The Labute approximate surface area is 117 Å². The number of benzene rings is 1. The Bertz CT molecular complexity index is 635. The second kappa shape index (κ2) is 6.43. The third-order valence-electron chi connectivity index (χ3n) is 2.57. The van der Waals surface area contributed by atoms with Crippen molar-refractivity contribution in [2.24, 2.45) is 0 Å². The van der Waals surface area contributed by atoms with E-state index in [0.717, 1.165) is 12.4 Å². The van der Waals surface area contributed by atoms with Crippen LogP contribution in [0.15, 0.2) is 36.5 Å². The average molecular weight is 269 g/mol. The van der Waals surface area contributed by atoms with Gasteiger partial charge in [0.15, 0.2) is 0 Å². The second-order valence-electron chi connectivity index (χ2n) is 4.02. The Morgan fingerprint density at radius 3 is 2.70 bits per heavy atom. The Hall–Kier alpha value is -2.74. The van der Waals surface area contributed by atoms with Crippen LogP contribution in [0.2, 0.25) is 0 Å². The van der Waals surface area contributed by atoms with Crippen molar-refractivity contribution < 1.29 is 9.47 Å². The molecule has 102 valence electrons.